The van der Waals surface area contributed by atoms with E-state index in [2.05, 4.69) is 45.0 Å². The van der Waals surface area contributed by atoms with Crippen LogP contribution in [0.1, 0.15) is 31.2 Å². The van der Waals surface area contributed by atoms with Crippen molar-refractivity contribution in [1.29, 1.82) is 0 Å². The number of phenols is 1. The molecule has 0 saturated carbocycles. The van der Waals surface area contributed by atoms with Gasteiger partial charge in [0.25, 0.3) is 0 Å². The Morgan fingerprint density at radius 3 is 1.82 bits per heavy atom. The summed E-state index contributed by atoms with van der Waals surface area (Å²) in [6.07, 6.45) is 3.25. The maximum absolute atomic E-state index is 12.1. The van der Waals surface area contributed by atoms with Crippen molar-refractivity contribution >= 4 is 40.8 Å². The van der Waals surface area contributed by atoms with Crippen molar-refractivity contribution in [2.45, 2.75) is 25.7 Å². The van der Waals surface area contributed by atoms with Gasteiger partial charge in [0, 0.05) is 29.9 Å². The first-order valence-corrected chi connectivity index (χ1v) is 12.5. The molecular formula is C31H30N4O3. The molecule has 3 N–H and O–H groups in total. The highest BCUT2D eigenvalue weighted by Crippen LogP contribution is 2.33. The molecule has 0 aliphatic rings. The van der Waals surface area contributed by atoms with E-state index in [1.54, 1.807) is 24.4 Å². The molecule has 0 heterocycles. The van der Waals surface area contributed by atoms with Crippen molar-refractivity contribution in [3.8, 4) is 5.75 Å². The molecule has 4 aromatic rings. The van der Waals surface area contributed by atoms with Crippen molar-refractivity contribution in [2.24, 2.45) is 5.10 Å². The third kappa shape index (κ3) is 7.54. The standard InChI is InChI=1S/C31H30N4O3/c36-29-16-8-7-15-28(29)33-30(37)17-9-10-18-31(38)34-32-23-24-19-21-27(22-20-24)35(25-11-3-1-4-12-25)26-13-5-2-6-14-26/h1-8,11-16,19-23,36H,9-10,17-18H2,(H,33,37)(H,34,38)/b32-23+. The van der Waals surface area contributed by atoms with Crippen LogP contribution in [0.5, 0.6) is 5.75 Å². The molecule has 0 bridgehead atoms. The normalized spacial score (nSPS) is 10.7. The molecule has 192 valence electrons. The number of anilines is 4. The number of carbonyl (C=O) groups is 2. The summed E-state index contributed by atoms with van der Waals surface area (Å²) in [5, 5.41) is 16.4. The van der Waals surface area contributed by atoms with Crippen LogP contribution in [0, 0.1) is 0 Å². The minimum atomic E-state index is -0.210. The van der Waals surface area contributed by atoms with Gasteiger partial charge in [0.2, 0.25) is 11.8 Å². The highest BCUT2D eigenvalue weighted by Gasteiger charge is 2.11. The van der Waals surface area contributed by atoms with Gasteiger partial charge < -0.3 is 15.3 Å². The molecule has 7 heteroatoms. The Labute approximate surface area is 222 Å². The first kappa shape index (κ1) is 26.2. The SMILES string of the molecule is O=C(CCCCC(=O)Nc1ccccc1O)N/N=C/c1ccc(N(c2ccccc2)c2ccccc2)cc1. The van der Waals surface area contributed by atoms with Gasteiger partial charge in [-0.2, -0.15) is 5.10 Å². The van der Waals surface area contributed by atoms with Crippen LogP contribution in [0.25, 0.3) is 0 Å². The van der Waals surface area contributed by atoms with Crippen molar-refractivity contribution < 1.29 is 14.7 Å². The number of hydrogen-bond donors (Lipinski definition) is 3. The lowest BCUT2D eigenvalue weighted by molar-refractivity contribution is -0.121. The highest BCUT2D eigenvalue weighted by molar-refractivity contribution is 5.92. The van der Waals surface area contributed by atoms with E-state index in [0.717, 1.165) is 22.6 Å². The maximum Gasteiger partial charge on any atom is 0.240 e. The molecule has 38 heavy (non-hydrogen) atoms. The molecule has 4 aromatic carbocycles. The summed E-state index contributed by atoms with van der Waals surface area (Å²) in [6.45, 7) is 0. The number of hydrogen-bond acceptors (Lipinski definition) is 5. The summed E-state index contributed by atoms with van der Waals surface area (Å²) in [5.41, 5.74) is 6.91. The van der Waals surface area contributed by atoms with Crippen LogP contribution in [0.4, 0.5) is 22.7 Å². The third-order valence-electron chi connectivity index (χ3n) is 5.82. The molecule has 4 rings (SSSR count). The first-order valence-electron chi connectivity index (χ1n) is 12.5. The van der Waals surface area contributed by atoms with Gasteiger partial charge in [0.15, 0.2) is 0 Å². The summed E-state index contributed by atoms with van der Waals surface area (Å²) in [5.74, 6) is -0.387. The number of para-hydroxylation sites is 4. The minimum Gasteiger partial charge on any atom is -0.506 e. The number of benzene rings is 4. The smallest absolute Gasteiger partial charge is 0.240 e. The van der Waals surface area contributed by atoms with Crippen LogP contribution in [-0.2, 0) is 9.59 Å². The number of unbranched alkanes of at least 4 members (excludes halogenated alkanes) is 1. The molecule has 0 saturated heterocycles. The van der Waals surface area contributed by atoms with Gasteiger partial charge in [0.05, 0.1) is 11.9 Å². The van der Waals surface area contributed by atoms with Crippen LogP contribution in [0.2, 0.25) is 0 Å². The summed E-state index contributed by atoms with van der Waals surface area (Å²) >= 11 is 0. The van der Waals surface area contributed by atoms with Gasteiger partial charge in [-0.3, -0.25) is 9.59 Å². The van der Waals surface area contributed by atoms with Crippen LogP contribution < -0.4 is 15.6 Å². The van der Waals surface area contributed by atoms with Crippen molar-refractivity contribution in [1.82, 2.24) is 5.43 Å². The number of phenolic OH excluding ortho intramolecular Hbond substituents is 1. The minimum absolute atomic E-state index is 0.0254. The fraction of sp³-hybridized carbons (Fsp3) is 0.129. The second-order valence-corrected chi connectivity index (χ2v) is 8.66. The number of nitrogens with zero attached hydrogens (tertiary/aromatic N) is 2. The maximum atomic E-state index is 12.1. The molecule has 0 unspecified atom stereocenters. The highest BCUT2D eigenvalue weighted by atomic mass is 16.3. The summed E-state index contributed by atoms with van der Waals surface area (Å²) in [7, 11) is 0. The van der Waals surface area contributed by atoms with Gasteiger partial charge >= 0.3 is 0 Å². The Bertz CT molecular complexity index is 1320. The first-order chi connectivity index (χ1) is 18.6. The number of aromatic hydroxyl groups is 1. The predicted octanol–water partition coefficient (Wildman–Crippen LogP) is 6.51. The summed E-state index contributed by atoms with van der Waals surface area (Å²) in [4.78, 5) is 26.3. The van der Waals surface area contributed by atoms with E-state index in [1.165, 1.54) is 6.07 Å². The largest absolute Gasteiger partial charge is 0.506 e. The Morgan fingerprint density at radius 2 is 1.21 bits per heavy atom. The van der Waals surface area contributed by atoms with Gasteiger partial charge in [0.1, 0.15) is 5.75 Å². The van der Waals surface area contributed by atoms with Crippen LogP contribution in [0.15, 0.2) is 114 Å². The van der Waals surface area contributed by atoms with E-state index in [-0.39, 0.29) is 30.4 Å². The summed E-state index contributed by atoms with van der Waals surface area (Å²) < 4.78 is 0. The van der Waals surface area contributed by atoms with E-state index in [4.69, 9.17) is 0 Å². The number of nitrogens with one attached hydrogen (secondary N) is 2. The van der Waals surface area contributed by atoms with E-state index >= 15 is 0 Å². The number of hydrazone groups is 1. The lowest BCUT2D eigenvalue weighted by Gasteiger charge is -2.25. The van der Waals surface area contributed by atoms with Crippen molar-refractivity contribution in [3.63, 3.8) is 0 Å². The summed E-state index contributed by atoms with van der Waals surface area (Å²) in [6, 6.07) is 34.8. The Balaban J connectivity index is 1.24. The zero-order valence-corrected chi connectivity index (χ0v) is 21.0. The van der Waals surface area contributed by atoms with Gasteiger partial charge in [-0.25, -0.2) is 5.43 Å². The Hall–Kier alpha value is -4.91. The predicted molar refractivity (Wildman–Crippen MR) is 152 cm³/mol. The number of amides is 2. The topological polar surface area (TPSA) is 94.0 Å². The molecule has 0 radical (unpaired) electrons. The molecule has 0 aromatic heterocycles. The zero-order chi connectivity index (χ0) is 26.6. The lowest BCUT2D eigenvalue weighted by Crippen LogP contribution is -2.17. The fourth-order valence-electron chi connectivity index (χ4n) is 3.91. The molecule has 0 atom stereocenters. The average Bonchev–Trinajstić information content (AvgIpc) is 2.95. The molecular weight excluding hydrogens is 476 g/mol. The average molecular weight is 507 g/mol. The second-order valence-electron chi connectivity index (χ2n) is 8.66. The molecule has 0 fully saturated rings. The molecule has 0 aliphatic carbocycles. The lowest BCUT2D eigenvalue weighted by atomic mass is 10.1. The van der Waals surface area contributed by atoms with E-state index in [9.17, 15) is 14.7 Å². The quantitative estimate of drug-likeness (QED) is 0.0935. The second kappa shape index (κ2) is 13.4. The van der Waals surface area contributed by atoms with E-state index in [1.807, 2.05) is 60.7 Å². The Morgan fingerprint density at radius 1 is 0.684 bits per heavy atom. The number of carbonyl (C=O) groups excluding carboxylic acids is 2. The zero-order valence-electron chi connectivity index (χ0n) is 21.0. The Kier molecular flexibility index (Phi) is 9.23. The van der Waals surface area contributed by atoms with Crippen LogP contribution >= 0.6 is 0 Å². The van der Waals surface area contributed by atoms with Gasteiger partial charge in [-0.15, -0.1) is 0 Å². The van der Waals surface area contributed by atoms with Crippen molar-refractivity contribution in [3.05, 3.63) is 115 Å². The van der Waals surface area contributed by atoms with Crippen LogP contribution in [-0.4, -0.2) is 23.1 Å². The van der Waals surface area contributed by atoms with E-state index in [0.29, 0.717) is 18.5 Å². The molecule has 7 nitrogen and oxygen atoms in total. The molecule has 2 amide bonds. The fourth-order valence-corrected chi connectivity index (χ4v) is 3.91. The van der Waals surface area contributed by atoms with Crippen LogP contribution in [0.3, 0.4) is 0 Å². The van der Waals surface area contributed by atoms with E-state index < -0.39 is 0 Å². The van der Waals surface area contributed by atoms with Crippen molar-refractivity contribution in [2.75, 3.05) is 10.2 Å². The van der Waals surface area contributed by atoms with Gasteiger partial charge in [-0.1, -0.05) is 60.7 Å². The van der Waals surface area contributed by atoms with Gasteiger partial charge in [-0.05, 0) is 66.9 Å². The number of rotatable bonds is 11. The molecule has 0 aliphatic heterocycles. The molecule has 0 spiro atoms. The third-order valence-corrected chi connectivity index (χ3v) is 5.82. The monoisotopic (exact) mass is 506 g/mol.